The molecule has 0 aliphatic rings. The van der Waals surface area contributed by atoms with Gasteiger partial charge in [0.15, 0.2) is 0 Å². The Kier molecular flexibility index (Phi) is 5.52. The number of hydrogen-bond acceptors (Lipinski definition) is 2. The Balaban J connectivity index is 2.12. The summed E-state index contributed by atoms with van der Waals surface area (Å²) in [6.45, 7) is 5.44. The summed E-state index contributed by atoms with van der Waals surface area (Å²) in [5.74, 6) is -0.437. The second-order valence-electron chi connectivity index (χ2n) is 5.73. The molecule has 1 atom stereocenters. The first-order valence-electron chi connectivity index (χ1n) is 7.65. The quantitative estimate of drug-likeness (QED) is 0.892. The van der Waals surface area contributed by atoms with Gasteiger partial charge in [0.25, 0.3) is 0 Å². The summed E-state index contributed by atoms with van der Waals surface area (Å²) >= 11 is 0. The summed E-state index contributed by atoms with van der Waals surface area (Å²) < 4.78 is 0. The number of benzene rings is 2. The van der Waals surface area contributed by atoms with Gasteiger partial charge < -0.3 is 10.6 Å². The highest BCUT2D eigenvalue weighted by Crippen LogP contribution is 2.15. The van der Waals surface area contributed by atoms with Gasteiger partial charge in [-0.1, -0.05) is 36.4 Å². The molecule has 0 unspecified atom stereocenters. The molecule has 0 saturated carbocycles. The molecular formula is C19H22N2O2. The van der Waals surface area contributed by atoms with E-state index in [9.17, 15) is 9.59 Å². The monoisotopic (exact) mass is 310 g/mol. The Morgan fingerprint density at radius 1 is 1.00 bits per heavy atom. The number of rotatable bonds is 5. The van der Waals surface area contributed by atoms with Crippen LogP contribution in [-0.4, -0.2) is 17.9 Å². The Hall–Kier alpha value is -2.62. The zero-order valence-electron chi connectivity index (χ0n) is 13.7. The normalized spacial score (nSPS) is 11.6. The van der Waals surface area contributed by atoms with Crippen molar-refractivity contribution in [1.82, 2.24) is 5.32 Å². The van der Waals surface area contributed by atoms with Crippen molar-refractivity contribution >= 4 is 17.5 Å². The van der Waals surface area contributed by atoms with E-state index in [1.54, 1.807) is 0 Å². The third-order valence-electron chi connectivity index (χ3n) is 3.75. The summed E-state index contributed by atoms with van der Waals surface area (Å²) in [6.07, 6.45) is 0.455. The third kappa shape index (κ3) is 4.95. The number of carbonyl (C=O) groups excluding carboxylic acids is 2. The molecule has 2 aromatic carbocycles. The first-order chi connectivity index (χ1) is 11.0. The number of anilines is 1. The second kappa shape index (κ2) is 7.58. The molecule has 0 heterocycles. The van der Waals surface area contributed by atoms with Crippen molar-refractivity contribution in [2.24, 2.45) is 0 Å². The lowest BCUT2D eigenvalue weighted by Crippen LogP contribution is -2.44. The highest BCUT2D eigenvalue weighted by atomic mass is 16.2. The summed E-state index contributed by atoms with van der Waals surface area (Å²) in [5, 5.41) is 5.61. The largest absolute Gasteiger partial charge is 0.344 e. The number of carbonyl (C=O) groups is 2. The molecule has 0 bridgehead atoms. The molecule has 0 saturated heterocycles. The van der Waals surface area contributed by atoms with Crippen molar-refractivity contribution in [3.63, 3.8) is 0 Å². The van der Waals surface area contributed by atoms with Crippen LogP contribution in [0, 0.1) is 13.8 Å². The number of hydrogen-bond donors (Lipinski definition) is 2. The van der Waals surface area contributed by atoms with Gasteiger partial charge in [0.2, 0.25) is 11.8 Å². The average Bonchev–Trinajstić information content (AvgIpc) is 2.51. The molecule has 2 rings (SSSR count). The van der Waals surface area contributed by atoms with Crippen molar-refractivity contribution in [1.29, 1.82) is 0 Å². The maximum absolute atomic E-state index is 12.5. The van der Waals surface area contributed by atoms with Crippen LogP contribution in [0.1, 0.15) is 23.6 Å². The maximum atomic E-state index is 12.5. The minimum Gasteiger partial charge on any atom is -0.344 e. The van der Waals surface area contributed by atoms with E-state index < -0.39 is 6.04 Å². The number of aryl methyl sites for hydroxylation is 2. The lowest BCUT2D eigenvalue weighted by molar-refractivity contribution is -0.125. The predicted octanol–water partition coefficient (Wildman–Crippen LogP) is 2.99. The fourth-order valence-corrected chi connectivity index (χ4v) is 2.35. The fourth-order valence-electron chi connectivity index (χ4n) is 2.35. The van der Waals surface area contributed by atoms with E-state index in [0.29, 0.717) is 6.42 Å². The van der Waals surface area contributed by atoms with Crippen LogP contribution in [0.3, 0.4) is 0 Å². The van der Waals surface area contributed by atoms with Gasteiger partial charge in [0.05, 0.1) is 0 Å². The Bertz CT molecular complexity index is 696. The highest BCUT2D eigenvalue weighted by Gasteiger charge is 2.20. The second-order valence-corrected chi connectivity index (χ2v) is 5.73. The van der Waals surface area contributed by atoms with Gasteiger partial charge in [-0.2, -0.15) is 0 Å². The van der Waals surface area contributed by atoms with Gasteiger partial charge in [-0.3, -0.25) is 9.59 Å². The maximum Gasteiger partial charge on any atom is 0.247 e. The molecule has 0 fully saturated rings. The van der Waals surface area contributed by atoms with Gasteiger partial charge in [0.1, 0.15) is 6.04 Å². The van der Waals surface area contributed by atoms with E-state index in [-0.39, 0.29) is 11.8 Å². The third-order valence-corrected chi connectivity index (χ3v) is 3.75. The lowest BCUT2D eigenvalue weighted by atomic mass is 10.0. The SMILES string of the molecule is CC(=O)N[C@H](Cc1ccccc1)C(=O)Nc1ccc(C)c(C)c1. The van der Waals surface area contributed by atoms with Gasteiger partial charge >= 0.3 is 0 Å². The summed E-state index contributed by atoms with van der Waals surface area (Å²) in [5.41, 5.74) is 4.02. The van der Waals surface area contributed by atoms with Crippen LogP contribution in [0.2, 0.25) is 0 Å². The van der Waals surface area contributed by atoms with Crippen LogP contribution < -0.4 is 10.6 Å². The van der Waals surface area contributed by atoms with E-state index in [2.05, 4.69) is 10.6 Å². The van der Waals surface area contributed by atoms with E-state index >= 15 is 0 Å². The zero-order chi connectivity index (χ0) is 16.8. The van der Waals surface area contributed by atoms with Crippen molar-refractivity contribution in [3.05, 3.63) is 65.2 Å². The molecule has 120 valence electrons. The van der Waals surface area contributed by atoms with Gasteiger partial charge in [-0.15, -0.1) is 0 Å². The smallest absolute Gasteiger partial charge is 0.247 e. The Morgan fingerprint density at radius 2 is 1.70 bits per heavy atom. The van der Waals surface area contributed by atoms with Crippen LogP contribution in [0.4, 0.5) is 5.69 Å². The summed E-state index contributed by atoms with van der Waals surface area (Å²) in [7, 11) is 0. The zero-order valence-corrected chi connectivity index (χ0v) is 13.7. The van der Waals surface area contributed by atoms with Crippen LogP contribution in [-0.2, 0) is 16.0 Å². The molecule has 0 aromatic heterocycles. The number of amides is 2. The van der Waals surface area contributed by atoms with Crippen molar-refractivity contribution in [2.75, 3.05) is 5.32 Å². The standard InChI is InChI=1S/C19H22N2O2/c1-13-9-10-17(11-14(13)2)21-19(23)18(20-15(3)22)12-16-7-5-4-6-8-16/h4-11,18H,12H2,1-3H3,(H,20,22)(H,21,23)/t18-/m1/s1. The van der Waals surface area contributed by atoms with Crippen LogP contribution >= 0.6 is 0 Å². The highest BCUT2D eigenvalue weighted by molar-refractivity contribution is 5.97. The van der Waals surface area contributed by atoms with E-state index in [1.807, 2.05) is 62.4 Å². The lowest BCUT2D eigenvalue weighted by Gasteiger charge is -2.18. The molecule has 0 spiro atoms. The molecule has 0 aliphatic carbocycles. The predicted molar refractivity (Wildman–Crippen MR) is 92.3 cm³/mol. The topological polar surface area (TPSA) is 58.2 Å². The van der Waals surface area contributed by atoms with Crippen LogP contribution in [0.5, 0.6) is 0 Å². The van der Waals surface area contributed by atoms with Gasteiger partial charge in [0, 0.05) is 19.0 Å². The van der Waals surface area contributed by atoms with Crippen LogP contribution in [0.15, 0.2) is 48.5 Å². The molecule has 0 radical (unpaired) electrons. The minimum absolute atomic E-state index is 0.215. The van der Waals surface area contributed by atoms with E-state index in [0.717, 1.165) is 16.8 Å². The first-order valence-corrected chi connectivity index (χ1v) is 7.65. The van der Waals surface area contributed by atoms with E-state index in [1.165, 1.54) is 12.5 Å². The molecule has 4 nitrogen and oxygen atoms in total. The molecule has 2 aromatic rings. The van der Waals surface area contributed by atoms with Crippen LogP contribution in [0.25, 0.3) is 0 Å². The minimum atomic E-state index is -0.600. The summed E-state index contributed by atoms with van der Waals surface area (Å²) in [6, 6.07) is 14.8. The molecule has 2 amide bonds. The Morgan fingerprint density at radius 3 is 2.30 bits per heavy atom. The Labute approximate surface area is 136 Å². The van der Waals surface area contributed by atoms with Gasteiger partial charge in [-0.25, -0.2) is 0 Å². The van der Waals surface area contributed by atoms with Crippen molar-refractivity contribution in [2.45, 2.75) is 33.2 Å². The number of nitrogens with one attached hydrogen (secondary N) is 2. The molecule has 23 heavy (non-hydrogen) atoms. The summed E-state index contributed by atoms with van der Waals surface area (Å²) in [4.78, 5) is 23.9. The molecular weight excluding hydrogens is 288 g/mol. The first kappa shape index (κ1) is 16.7. The fraction of sp³-hybridized carbons (Fsp3) is 0.263. The van der Waals surface area contributed by atoms with Crippen molar-refractivity contribution in [3.8, 4) is 0 Å². The van der Waals surface area contributed by atoms with Crippen molar-refractivity contribution < 1.29 is 9.59 Å². The average molecular weight is 310 g/mol. The molecule has 2 N–H and O–H groups in total. The van der Waals surface area contributed by atoms with Gasteiger partial charge in [-0.05, 0) is 42.7 Å². The van der Waals surface area contributed by atoms with E-state index in [4.69, 9.17) is 0 Å². The molecule has 4 heteroatoms. The molecule has 0 aliphatic heterocycles.